The molecule has 0 saturated carbocycles. The van der Waals surface area contributed by atoms with Crippen LogP contribution in [0.3, 0.4) is 0 Å². The number of rotatable bonds is 8. The van der Waals surface area contributed by atoms with Gasteiger partial charge >= 0.3 is 6.09 Å². The molecular formula is C21H38N2O7. The second-order valence-corrected chi connectivity index (χ2v) is 9.02. The highest BCUT2D eigenvalue weighted by Gasteiger charge is 2.48. The zero-order valence-electron chi connectivity index (χ0n) is 18.4. The molecule has 5 N–H and O–H groups in total. The molecule has 2 heterocycles. The standard InChI is InChI=1S/C21H38N2O7/c1-5-7-12-9-13(23(10-12)21(28)29)20(27)22-15(11(3)4)19-18(26)17(25)16(24)14(30-19)8-6-2/h11-19,24-26H,5-10H2,1-4H3,(H,22,27)(H,28,29). The number of aliphatic hydroxyl groups is 3. The van der Waals surface area contributed by atoms with E-state index < -0.39 is 54.6 Å². The number of nitrogens with zero attached hydrogens (tertiary/aromatic N) is 1. The highest BCUT2D eigenvalue weighted by atomic mass is 16.5. The van der Waals surface area contributed by atoms with Crippen molar-refractivity contribution in [2.24, 2.45) is 11.8 Å². The minimum absolute atomic E-state index is 0.141. The SMILES string of the molecule is CCCC1CC(C(=O)NC(C(C)C)C2OC(CCC)C(O)C(O)C2O)N(C(=O)O)C1. The summed E-state index contributed by atoms with van der Waals surface area (Å²) >= 11 is 0. The highest BCUT2D eigenvalue weighted by molar-refractivity contribution is 5.86. The van der Waals surface area contributed by atoms with Gasteiger partial charge in [0.1, 0.15) is 30.5 Å². The maximum absolute atomic E-state index is 13.1. The Balaban J connectivity index is 2.17. The van der Waals surface area contributed by atoms with Crippen molar-refractivity contribution in [3.05, 3.63) is 0 Å². The molecule has 174 valence electrons. The second kappa shape index (κ2) is 10.7. The number of hydrogen-bond acceptors (Lipinski definition) is 6. The third-order valence-corrected chi connectivity index (χ3v) is 6.34. The summed E-state index contributed by atoms with van der Waals surface area (Å²) in [6.07, 6.45) is -3.15. The van der Waals surface area contributed by atoms with Gasteiger partial charge in [-0.3, -0.25) is 9.69 Å². The van der Waals surface area contributed by atoms with Crippen molar-refractivity contribution in [2.45, 2.75) is 102 Å². The van der Waals surface area contributed by atoms with Gasteiger partial charge in [0.15, 0.2) is 0 Å². The lowest BCUT2D eigenvalue weighted by molar-refractivity contribution is -0.232. The molecule has 0 aromatic carbocycles. The monoisotopic (exact) mass is 430 g/mol. The number of amides is 2. The molecule has 30 heavy (non-hydrogen) atoms. The van der Waals surface area contributed by atoms with Crippen LogP contribution in [-0.2, 0) is 9.53 Å². The van der Waals surface area contributed by atoms with Gasteiger partial charge in [-0.25, -0.2) is 4.79 Å². The third kappa shape index (κ3) is 5.43. The molecule has 0 aromatic rings. The fourth-order valence-corrected chi connectivity index (χ4v) is 4.69. The van der Waals surface area contributed by atoms with Crippen LogP contribution in [0.1, 0.15) is 59.8 Å². The normalized spacial score (nSPS) is 35.5. The van der Waals surface area contributed by atoms with Crippen molar-refractivity contribution in [2.75, 3.05) is 6.54 Å². The lowest BCUT2D eigenvalue weighted by Crippen LogP contribution is -2.65. The molecule has 0 aliphatic carbocycles. The average Bonchev–Trinajstić information content (AvgIpc) is 3.11. The van der Waals surface area contributed by atoms with E-state index in [1.807, 2.05) is 27.7 Å². The molecule has 9 heteroatoms. The Kier molecular flexibility index (Phi) is 8.90. The van der Waals surface area contributed by atoms with Crippen molar-refractivity contribution in [1.29, 1.82) is 0 Å². The maximum Gasteiger partial charge on any atom is 0.407 e. The van der Waals surface area contributed by atoms with Crippen LogP contribution in [0, 0.1) is 11.8 Å². The number of carbonyl (C=O) groups is 2. The van der Waals surface area contributed by atoms with E-state index in [2.05, 4.69) is 5.32 Å². The first-order valence-electron chi connectivity index (χ1n) is 11.1. The summed E-state index contributed by atoms with van der Waals surface area (Å²) in [5.41, 5.74) is 0. The molecule has 2 fully saturated rings. The number of aliphatic hydroxyl groups excluding tert-OH is 3. The lowest BCUT2D eigenvalue weighted by atomic mass is 9.85. The molecular weight excluding hydrogens is 392 g/mol. The Hall–Kier alpha value is -1.42. The molecule has 2 amide bonds. The Morgan fingerprint density at radius 3 is 2.23 bits per heavy atom. The molecule has 8 unspecified atom stereocenters. The van der Waals surface area contributed by atoms with Gasteiger partial charge in [-0.05, 0) is 31.1 Å². The molecule has 2 aliphatic heterocycles. The number of carboxylic acid groups (broad SMARTS) is 1. The summed E-state index contributed by atoms with van der Waals surface area (Å²) in [6.45, 7) is 8.01. The van der Waals surface area contributed by atoms with E-state index >= 15 is 0 Å². The Morgan fingerprint density at radius 2 is 1.70 bits per heavy atom. The van der Waals surface area contributed by atoms with Gasteiger partial charge in [0.2, 0.25) is 5.91 Å². The van der Waals surface area contributed by atoms with Crippen molar-refractivity contribution in [3.8, 4) is 0 Å². The first-order chi connectivity index (χ1) is 14.1. The van der Waals surface area contributed by atoms with Crippen molar-refractivity contribution in [3.63, 3.8) is 0 Å². The van der Waals surface area contributed by atoms with Crippen molar-refractivity contribution < 1.29 is 34.8 Å². The van der Waals surface area contributed by atoms with Crippen LogP contribution < -0.4 is 5.32 Å². The molecule has 0 aromatic heterocycles. The topological polar surface area (TPSA) is 140 Å². The molecule has 9 nitrogen and oxygen atoms in total. The second-order valence-electron chi connectivity index (χ2n) is 9.02. The molecule has 2 aliphatic rings. The lowest BCUT2D eigenvalue weighted by Gasteiger charge is -2.45. The largest absolute Gasteiger partial charge is 0.465 e. The number of likely N-dealkylation sites (tertiary alicyclic amines) is 1. The summed E-state index contributed by atoms with van der Waals surface area (Å²) < 4.78 is 5.94. The van der Waals surface area contributed by atoms with Gasteiger partial charge in [0, 0.05) is 6.54 Å². The summed E-state index contributed by atoms with van der Waals surface area (Å²) in [7, 11) is 0. The average molecular weight is 431 g/mol. The van der Waals surface area contributed by atoms with E-state index in [0.29, 0.717) is 19.4 Å². The Bertz CT molecular complexity index is 588. The summed E-state index contributed by atoms with van der Waals surface area (Å²) in [5.74, 6) is -0.427. The third-order valence-electron chi connectivity index (χ3n) is 6.34. The van der Waals surface area contributed by atoms with Crippen LogP contribution in [0.25, 0.3) is 0 Å². The van der Waals surface area contributed by atoms with Crippen LogP contribution in [0.2, 0.25) is 0 Å². The summed E-state index contributed by atoms with van der Waals surface area (Å²) in [6, 6.07) is -1.43. The smallest absolute Gasteiger partial charge is 0.407 e. The van der Waals surface area contributed by atoms with Gasteiger partial charge in [-0.2, -0.15) is 0 Å². The fraction of sp³-hybridized carbons (Fsp3) is 0.905. The van der Waals surface area contributed by atoms with Gasteiger partial charge in [0.05, 0.1) is 12.1 Å². The molecule has 2 rings (SSSR count). The van der Waals surface area contributed by atoms with Gasteiger partial charge in [0.25, 0.3) is 0 Å². The Labute approximate surface area is 178 Å². The van der Waals surface area contributed by atoms with E-state index in [9.17, 15) is 30.0 Å². The van der Waals surface area contributed by atoms with Crippen LogP contribution in [0.15, 0.2) is 0 Å². The first-order valence-corrected chi connectivity index (χ1v) is 11.1. The van der Waals surface area contributed by atoms with E-state index in [4.69, 9.17) is 4.74 Å². The maximum atomic E-state index is 13.1. The van der Waals surface area contributed by atoms with E-state index in [-0.39, 0.29) is 11.8 Å². The molecule has 0 radical (unpaired) electrons. The van der Waals surface area contributed by atoms with Crippen LogP contribution >= 0.6 is 0 Å². The number of hydrogen-bond donors (Lipinski definition) is 5. The highest BCUT2D eigenvalue weighted by Crippen LogP contribution is 2.30. The number of carbonyl (C=O) groups excluding carboxylic acids is 1. The van der Waals surface area contributed by atoms with Crippen LogP contribution in [-0.4, -0.2) is 86.5 Å². The minimum atomic E-state index is -1.38. The zero-order valence-corrected chi connectivity index (χ0v) is 18.4. The first kappa shape index (κ1) is 24.8. The van der Waals surface area contributed by atoms with Crippen LogP contribution in [0.5, 0.6) is 0 Å². The summed E-state index contributed by atoms with van der Waals surface area (Å²) in [5, 5.41) is 43.5. The fourth-order valence-electron chi connectivity index (χ4n) is 4.69. The van der Waals surface area contributed by atoms with E-state index in [0.717, 1.165) is 19.3 Å². The zero-order chi connectivity index (χ0) is 22.6. The Morgan fingerprint density at radius 1 is 1.07 bits per heavy atom. The van der Waals surface area contributed by atoms with Crippen LogP contribution in [0.4, 0.5) is 4.79 Å². The predicted molar refractivity (Wildman–Crippen MR) is 110 cm³/mol. The minimum Gasteiger partial charge on any atom is -0.465 e. The summed E-state index contributed by atoms with van der Waals surface area (Å²) in [4.78, 5) is 25.9. The quantitative estimate of drug-likeness (QED) is 0.386. The van der Waals surface area contributed by atoms with E-state index in [1.54, 1.807) is 0 Å². The molecule has 2 saturated heterocycles. The van der Waals surface area contributed by atoms with E-state index in [1.165, 1.54) is 4.90 Å². The number of ether oxygens (including phenoxy) is 1. The molecule has 0 bridgehead atoms. The predicted octanol–water partition coefficient (Wildman–Crippen LogP) is 0.946. The van der Waals surface area contributed by atoms with Gasteiger partial charge in [-0.15, -0.1) is 0 Å². The van der Waals surface area contributed by atoms with Crippen molar-refractivity contribution >= 4 is 12.0 Å². The van der Waals surface area contributed by atoms with Gasteiger partial charge < -0.3 is 30.5 Å². The van der Waals surface area contributed by atoms with Crippen molar-refractivity contribution in [1.82, 2.24) is 10.2 Å². The molecule has 0 spiro atoms. The number of nitrogens with one attached hydrogen (secondary N) is 1. The molecule has 8 atom stereocenters. The van der Waals surface area contributed by atoms with Gasteiger partial charge in [-0.1, -0.05) is 40.5 Å².